The highest BCUT2D eigenvalue weighted by Gasteiger charge is 2.26. The van der Waals surface area contributed by atoms with Crippen LogP contribution in [0, 0.1) is 0 Å². The van der Waals surface area contributed by atoms with E-state index in [-0.39, 0.29) is 28.9 Å². The van der Waals surface area contributed by atoms with Crippen molar-refractivity contribution in [3.05, 3.63) is 60.7 Å². The molecule has 0 atom stereocenters. The lowest BCUT2D eigenvalue weighted by molar-refractivity contribution is -0.130. The minimum Gasteiger partial charge on any atom is -0.492 e. The molecule has 32 heavy (non-hydrogen) atoms. The van der Waals surface area contributed by atoms with E-state index in [0.717, 1.165) is 23.3 Å². The van der Waals surface area contributed by atoms with E-state index >= 15 is 0 Å². The van der Waals surface area contributed by atoms with Crippen molar-refractivity contribution in [2.75, 3.05) is 28.4 Å². The summed E-state index contributed by atoms with van der Waals surface area (Å²) < 4.78 is 32.6. The first-order valence-corrected chi connectivity index (χ1v) is 9.54. The van der Waals surface area contributed by atoms with Crippen molar-refractivity contribution < 1.29 is 38.0 Å². The van der Waals surface area contributed by atoms with Gasteiger partial charge < -0.3 is 28.4 Å². The van der Waals surface area contributed by atoms with Gasteiger partial charge in [-0.3, -0.25) is 0 Å². The highest BCUT2D eigenvalue weighted by molar-refractivity contribution is 5.85. The number of benzene rings is 2. The summed E-state index contributed by atoms with van der Waals surface area (Å²) in [6, 6.07) is 6.74. The summed E-state index contributed by atoms with van der Waals surface area (Å²) in [6.45, 7) is 8.72. The maximum absolute atomic E-state index is 11.7. The Balaban J connectivity index is 2.62. The second-order valence-electron chi connectivity index (χ2n) is 6.41. The summed E-state index contributed by atoms with van der Waals surface area (Å²) >= 11 is 0. The Morgan fingerprint density at radius 2 is 1.03 bits per heavy atom. The Hall–Kier alpha value is -3.94. The number of ether oxygens (including phenoxy) is 6. The summed E-state index contributed by atoms with van der Waals surface area (Å²) in [5.41, 5.74) is 1.47. The van der Waals surface area contributed by atoms with Crippen molar-refractivity contribution in [2.45, 2.75) is 12.8 Å². The summed E-state index contributed by atoms with van der Waals surface area (Å²) in [5, 5.41) is 0. The Bertz CT molecular complexity index is 944. The molecule has 0 heterocycles. The molecule has 170 valence electrons. The fourth-order valence-corrected chi connectivity index (χ4v) is 3.24. The highest BCUT2D eigenvalue weighted by atomic mass is 16.6. The van der Waals surface area contributed by atoms with Crippen molar-refractivity contribution in [1.29, 1.82) is 0 Å². The van der Waals surface area contributed by atoms with Gasteiger partial charge in [-0.05, 0) is 12.1 Å². The lowest BCUT2D eigenvalue weighted by Gasteiger charge is -2.23. The molecule has 0 aromatic heterocycles. The zero-order valence-electron chi connectivity index (χ0n) is 18.7. The molecule has 2 aromatic carbocycles. The quantitative estimate of drug-likeness (QED) is 0.309. The van der Waals surface area contributed by atoms with E-state index in [1.165, 1.54) is 28.4 Å². The predicted molar refractivity (Wildman–Crippen MR) is 118 cm³/mol. The zero-order valence-corrected chi connectivity index (χ0v) is 18.7. The normalized spacial score (nSPS) is 10.2. The molecule has 8 heteroatoms. The van der Waals surface area contributed by atoms with Gasteiger partial charge in [-0.25, -0.2) is 9.59 Å². The van der Waals surface area contributed by atoms with Crippen molar-refractivity contribution in [3.8, 4) is 34.5 Å². The molecule has 0 saturated carbocycles. The third kappa shape index (κ3) is 4.85. The fraction of sp³-hybridized carbons (Fsp3) is 0.250. The van der Waals surface area contributed by atoms with Gasteiger partial charge >= 0.3 is 11.9 Å². The summed E-state index contributed by atoms with van der Waals surface area (Å²) in [6.07, 6.45) is 2.11. The summed E-state index contributed by atoms with van der Waals surface area (Å²) in [5.74, 6) is 0.155. The van der Waals surface area contributed by atoms with Gasteiger partial charge in [0, 0.05) is 29.2 Å². The van der Waals surface area contributed by atoms with Gasteiger partial charge in [-0.2, -0.15) is 0 Å². The average molecular weight is 442 g/mol. The minimum atomic E-state index is -0.623. The number of rotatable bonds is 10. The largest absolute Gasteiger partial charge is 0.492 e. The van der Waals surface area contributed by atoms with Crippen molar-refractivity contribution in [2.24, 2.45) is 0 Å². The van der Waals surface area contributed by atoms with E-state index in [1.54, 1.807) is 24.3 Å². The van der Waals surface area contributed by atoms with E-state index in [9.17, 15) is 9.59 Å². The van der Waals surface area contributed by atoms with Gasteiger partial charge in [0.25, 0.3) is 0 Å². The molecule has 8 nitrogen and oxygen atoms in total. The van der Waals surface area contributed by atoms with Crippen LogP contribution < -0.4 is 28.4 Å². The molecule has 0 N–H and O–H groups in total. The van der Waals surface area contributed by atoms with Crippen molar-refractivity contribution in [3.63, 3.8) is 0 Å². The van der Waals surface area contributed by atoms with Crippen LogP contribution in [0.5, 0.6) is 34.5 Å². The van der Waals surface area contributed by atoms with Crippen LogP contribution in [0.1, 0.15) is 24.0 Å². The van der Waals surface area contributed by atoms with Crippen molar-refractivity contribution in [1.82, 2.24) is 0 Å². The van der Waals surface area contributed by atoms with Crippen LogP contribution in [0.25, 0.3) is 0 Å². The van der Waals surface area contributed by atoms with Crippen LogP contribution in [-0.4, -0.2) is 40.4 Å². The molecule has 0 radical (unpaired) electrons. The third-order valence-electron chi connectivity index (χ3n) is 4.72. The summed E-state index contributed by atoms with van der Waals surface area (Å²) in [4.78, 5) is 23.3. The fourth-order valence-electron chi connectivity index (χ4n) is 3.24. The first-order chi connectivity index (χ1) is 15.4. The Kier molecular flexibility index (Phi) is 8.29. The molecule has 0 aliphatic heterocycles. The molecule has 0 unspecified atom stereocenters. The predicted octanol–water partition coefficient (Wildman–Crippen LogP) is 4.06. The number of hydrogen-bond donors (Lipinski definition) is 0. The molecule has 0 bridgehead atoms. The topological polar surface area (TPSA) is 89.5 Å². The van der Waals surface area contributed by atoms with Gasteiger partial charge in [-0.1, -0.05) is 32.2 Å². The van der Waals surface area contributed by atoms with Gasteiger partial charge in [0.2, 0.25) is 11.5 Å². The zero-order chi connectivity index (χ0) is 23.8. The average Bonchev–Trinajstić information content (AvgIpc) is 2.82. The molecule has 0 fully saturated rings. The van der Waals surface area contributed by atoms with Gasteiger partial charge in [0.05, 0.1) is 28.4 Å². The standard InChI is InChI=1S/C24H26O8/c1-8-19(25)31-17-12-10-15(21(27-4)23(17)29-6)14(3)16-11-13-18(32-20(26)9-2)24(30-7)22(16)28-5/h8-14H,1-2H2,3-7H3. The molecular weight excluding hydrogens is 416 g/mol. The molecule has 0 amide bonds. The van der Waals surface area contributed by atoms with E-state index in [1.807, 2.05) is 6.92 Å². The maximum atomic E-state index is 11.7. The second kappa shape index (κ2) is 10.9. The molecule has 0 saturated heterocycles. The monoisotopic (exact) mass is 442 g/mol. The number of carbonyl (C=O) groups is 2. The van der Waals surface area contributed by atoms with Crippen molar-refractivity contribution >= 4 is 11.9 Å². The first kappa shape index (κ1) is 24.3. The van der Waals surface area contributed by atoms with Crippen LogP contribution in [0.3, 0.4) is 0 Å². The number of methoxy groups -OCH3 is 4. The van der Waals surface area contributed by atoms with Gasteiger partial charge in [-0.15, -0.1) is 0 Å². The van der Waals surface area contributed by atoms with Crippen LogP contribution >= 0.6 is 0 Å². The smallest absolute Gasteiger partial charge is 0.335 e. The Labute approximate surface area is 186 Å². The van der Waals surface area contributed by atoms with Crippen LogP contribution in [-0.2, 0) is 9.59 Å². The molecule has 0 aliphatic carbocycles. The Morgan fingerprint density at radius 1 is 0.688 bits per heavy atom. The maximum Gasteiger partial charge on any atom is 0.335 e. The number of hydrogen-bond acceptors (Lipinski definition) is 8. The summed E-state index contributed by atoms with van der Waals surface area (Å²) in [7, 11) is 5.87. The molecule has 2 aromatic rings. The minimum absolute atomic E-state index is 0.196. The molecular formula is C24H26O8. The van der Waals surface area contributed by atoms with E-state index in [0.29, 0.717) is 11.5 Å². The number of carbonyl (C=O) groups excluding carboxylic acids is 2. The van der Waals surface area contributed by atoms with Crippen LogP contribution in [0.4, 0.5) is 0 Å². The molecule has 0 aliphatic rings. The number of esters is 2. The van der Waals surface area contributed by atoms with E-state index in [4.69, 9.17) is 28.4 Å². The lowest BCUT2D eigenvalue weighted by atomic mass is 9.90. The van der Waals surface area contributed by atoms with Crippen LogP contribution in [0.2, 0.25) is 0 Å². The molecule has 0 spiro atoms. The van der Waals surface area contributed by atoms with Gasteiger partial charge in [0.1, 0.15) is 0 Å². The van der Waals surface area contributed by atoms with E-state index in [2.05, 4.69) is 13.2 Å². The Morgan fingerprint density at radius 3 is 1.31 bits per heavy atom. The lowest BCUT2D eigenvalue weighted by Crippen LogP contribution is -2.09. The highest BCUT2D eigenvalue weighted by Crippen LogP contribution is 2.48. The van der Waals surface area contributed by atoms with Gasteiger partial charge in [0.15, 0.2) is 23.0 Å². The second-order valence-corrected chi connectivity index (χ2v) is 6.41. The first-order valence-electron chi connectivity index (χ1n) is 9.54. The SMILES string of the molecule is C=CC(=O)Oc1ccc(C(C)c2ccc(OC(=O)C=C)c(OC)c2OC)c(OC)c1OC. The van der Waals surface area contributed by atoms with E-state index < -0.39 is 11.9 Å². The van der Waals surface area contributed by atoms with Crippen LogP contribution in [0.15, 0.2) is 49.6 Å². The molecule has 2 rings (SSSR count). The third-order valence-corrected chi connectivity index (χ3v) is 4.72.